The maximum atomic E-state index is 8.94. The summed E-state index contributed by atoms with van der Waals surface area (Å²) < 4.78 is 21.7. The number of hydrogen-bond acceptors (Lipinski definition) is 7. The number of rotatable bonds is 10. The Hall–Kier alpha value is -2.57. The van der Waals surface area contributed by atoms with E-state index in [9.17, 15) is 0 Å². The van der Waals surface area contributed by atoms with Crippen LogP contribution in [0.3, 0.4) is 0 Å². The van der Waals surface area contributed by atoms with Crippen molar-refractivity contribution in [3.8, 4) is 17.8 Å². The molecule has 0 amide bonds. The van der Waals surface area contributed by atoms with Crippen molar-refractivity contribution in [1.82, 2.24) is 15.6 Å². The van der Waals surface area contributed by atoms with Crippen LogP contribution in [0.4, 0.5) is 0 Å². The van der Waals surface area contributed by atoms with E-state index in [1.165, 1.54) is 27.1 Å². The van der Waals surface area contributed by atoms with Crippen LogP contribution in [0.25, 0.3) is 0 Å². The second kappa shape index (κ2) is 12.1. The topological polar surface area (TPSA) is 110 Å². The fourth-order valence-corrected chi connectivity index (χ4v) is 3.08. The minimum Gasteiger partial charge on any atom is -0.491 e. The van der Waals surface area contributed by atoms with Gasteiger partial charge in [0, 0.05) is 32.4 Å². The second-order valence-corrected chi connectivity index (χ2v) is 6.88. The lowest BCUT2D eigenvalue weighted by Crippen LogP contribution is -2.37. The molecule has 0 spiro atoms. The highest BCUT2D eigenvalue weighted by atomic mass is 16.7. The van der Waals surface area contributed by atoms with Crippen molar-refractivity contribution in [1.29, 1.82) is 5.26 Å². The number of nitrogens with one attached hydrogen (secondary N) is 2. The van der Waals surface area contributed by atoms with Crippen LogP contribution in [-0.4, -0.2) is 57.8 Å². The van der Waals surface area contributed by atoms with Gasteiger partial charge in [-0.15, -0.1) is 0 Å². The van der Waals surface area contributed by atoms with E-state index >= 15 is 0 Å². The van der Waals surface area contributed by atoms with Gasteiger partial charge in [-0.3, -0.25) is 5.32 Å². The molecule has 2 rings (SSSR count). The van der Waals surface area contributed by atoms with Crippen molar-refractivity contribution in [3.05, 3.63) is 17.8 Å². The van der Waals surface area contributed by atoms with Gasteiger partial charge >= 0.3 is 0 Å². The predicted molar refractivity (Wildman–Crippen MR) is 109 cm³/mol. The molecule has 0 saturated heterocycles. The molecule has 1 atom stereocenters. The third-order valence-electron chi connectivity index (χ3n) is 4.83. The van der Waals surface area contributed by atoms with Crippen LogP contribution in [0.2, 0.25) is 0 Å². The molecule has 1 aromatic heterocycles. The largest absolute Gasteiger partial charge is 0.491 e. The van der Waals surface area contributed by atoms with E-state index in [1.807, 2.05) is 25.2 Å². The minimum atomic E-state index is -0.469. The van der Waals surface area contributed by atoms with Gasteiger partial charge in [0.1, 0.15) is 6.10 Å². The first-order chi connectivity index (χ1) is 14.1. The van der Waals surface area contributed by atoms with Crippen molar-refractivity contribution in [2.45, 2.75) is 50.9 Å². The molecule has 0 radical (unpaired) electrons. The fourth-order valence-electron chi connectivity index (χ4n) is 3.08. The average Bonchev–Trinajstić information content (AvgIpc) is 3.25. The maximum absolute atomic E-state index is 8.94. The molecule has 29 heavy (non-hydrogen) atoms. The van der Waals surface area contributed by atoms with Crippen LogP contribution in [0.5, 0.6) is 11.6 Å². The highest BCUT2D eigenvalue weighted by Gasteiger charge is 2.20. The fraction of sp³-hybridized carbons (Fsp3) is 0.650. The Bertz CT molecular complexity index is 697. The first-order valence-electron chi connectivity index (χ1n) is 9.81. The number of aromatic nitrogens is 1. The number of pyridine rings is 1. The summed E-state index contributed by atoms with van der Waals surface area (Å²) in [5, 5.41) is 14.6. The van der Waals surface area contributed by atoms with Crippen LogP contribution in [0.15, 0.2) is 17.1 Å². The van der Waals surface area contributed by atoms with Crippen LogP contribution in [0.1, 0.15) is 44.2 Å². The highest BCUT2D eigenvalue weighted by Crippen LogP contribution is 2.31. The summed E-state index contributed by atoms with van der Waals surface area (Å²) in [6.07, 6.45) is 6.09. The van der Waals surface area contributed by atoms with Crippen LogP contribution < -0.4 is 20.1 Å². The Labute approximate surface area is 172 Å². The molecule has 1 aliphatic carbocycles. The number of ether oxygens (including phenoxy) is 4. The van der Waals surface area contributed by atoms with E-state index in [1.54, 1.807) is 7.11 Å². The van der Waals surface area contributed by atoms with Gasteiger partial charge in [0.15, 0.2) is 18.2 Å². The number of hydrogen-bond donors (Lipinski definition) is 2. The minimum absolute atomic E-state index is 0.0539. The molecule has 0 aromatic carbocycles. The van der Waals surface area contributed by atoms with Crippen LogP contribution in [-0.2, 0) is 9.47 Å². The summed E-state index contributed by atoms with van der Waals surface area (Å²) in [6, 6.07) is 3.81. The summed E-state index contributed by atoms with van der Waals surface area (Å²) in [5.74, 6) is 1.59. The third kappa shape index (κ3) is 7.07. The number of nitrogens with zero attached hydrogens (tertiary/aromatic N) is 3. The van der Waals surface area contributed by atoms with Crippen molar-refractivity contribution in [2.24, 2.45) is 4.99 Å². The van der Waals surface area contributed by atoms with E-state index in [0.29, 0.717) is 24.1 Å². The van der Waals surface area contributed by atoms with E-state index in [0.717, 1.165) is 18.5 Å². The molecular formula is C20H31N5O4. The molecule has 1 unspecified atom stereocenters. The van der Waals surface area contributed by atoms with E-state index < -0.39 is 6.29 Å². The molecule has 0 bridgehead atoms. The van der Waals surface area contributed by atoms with Gasteiger partial charge in [-0.05, 0) is 37.8 Å². The number of methoxy groups -OCH3 is 3. The lowest BCUT2D eigenvalue weighted by atomic mass is 10.1. The van der Waals surface area contributed by atoms with Gasteiger partial charge in [-0.2, -0.15) is 5.26 Å². The van der Waals surface area contributed by atoms with Crippen molar-refractivity contribution >= 4 is 5.96 Å². The molecule has 1 aliphatic rings. The Morgan fingerprint density at radius 3 is 2.62 bits per heavy atom. The Kier molecular flexibility index (Phi) is 9.47. The zero-order valence-electron chi connectivity index (χ0n) is 17.6. The molecular weight excluding hydrogens is 374 g/mol. The van der Waals surface area contributed by atoms with Gasteiger partial charge in [-0.1, -0.05) is 6.92 Å². The van der Waals surface area contributed by atoms with Gasteiger partial charge in [0.2, 0.25) is 5.96 Å². The van der Waals surface area contributed by atoms with Gasteiger partial charge in [0.05, 0.1) is 13.7 Å². The summed E-state index contributed by atoms with van der Waals surface area (Å²) in [5.41, 5.74) is 0.870. The molecule has 1 fully saturated rings. The van der Waals surface area contributed by atoms with Crippen molar-refractivity contribution in [2.75, 3.05) is 34.4 Å². The normalized spacial score (nSPS) is 15.8. The average molecular weight is 405 g/mol. The van der Waals surface area contributed by atoms with E-state index in [2.05, 4.69) is 20.6 Å². The zero-order valence-corrected chi connectivity index (χ0v) is 17.6. The predicted octanol–water partition coefficient (Wildman–Crippen LogP) is 2.15. The van der Waals surface area contributed by atoms with Crippen molar-refractivity contribution in [3.63, 3.8) is 0 Å². The maximum Gasteiger partial charge on any atom is 0.257 e. The Morgan fingerprint density at radius 2 is 2.00 bits per heavy atom. The number of aliphatic imine (C=N–C) groups is 1. The SMILES string of the molecule is COc1ccc(C(C)CNC(=NCC(OC)OC)NC#N)nc1OC1CCCC1. The summed E-state index contributed by atoms with van der Waals surface area (Å²) >= 11 is 0. The number of nitriles is 1. The van der Waals surface area contributed by atoms with Gasteiger partial charge in [-0.25, -0.2) is 9.98 Å². The number of guanidine groups is 1. The van der Waals surface area contributed by atoms with Crippen molar-refractivity contribution < 1.29 is 18.9 Å². The second-order valence-electron chi connectivity index (χ2n) is 6.88. The molecule has 1 saturated carbocycles. The standard InChI is InChI=1S/C20H31N5O4/c1-14(11-22-20(24-13-21)23-12-18(27-3)28-4)16-9-10-17(26-2)19(25-16)29-15-7-5-6-8-15/h9-10,14-15,18H,5-8,11-12H2,1-4H3,(H2,22,23,24). The van der Waals surface area contributed by atoms with E-state index in [-0.39, 0.29) is 18.6 Å². The first kappa shape index (κ1) is 22.7. The van der Waals surface area contributed by atoms with Gasteiger partial charge in [0.25, 0.3) is 5.88 Å². The molecule has 1 heterocycles. The molecule has 2 N–H and O–H groups in total. The van der Waals surface area contributed by atoms with E-state index in [4.69, 9.17) is 24.2 Å². The zero-order chi connectivity index (χ0) is 21.1. The molecule has 1 aromatic rings. The lowest BCUT2D eigenvalue weighted by Gasteiger charge is -2.18. The Morgan fingerprint density at radius 1 is 1.28 bits per heavy atom. The summed E-state index contributed by atoms with van der Waals surface area (Å²) in [4.78, 5) is 8.97. The first-order valence-corrected chi connectivity index (χ1v) is 9.81. The molecule has 9 nitrogen and oxygen atoms in total. The third-order valence-corrected chi connectivity index (χ3v) is 4.83. The Balaban J connectivity index is 2.01. The lowest BCUT2D eigenvalue weighted by molar-refractivity contribution is -0.0937. The van der Waals surface area contributed by atoms with Crippen LogP contribution >= 0.6 is 0 Å². The molecule has 9 heteroatoms. The monoisotopic (exact) mass is 405 g/mol. The molecule has 160 valence electrons. The van der Waals surface area contributed by atoms with Gasteiger partial charge < -0.3 is 24.3 Å². The summed E-state index contributed by atoms with van der Waals surface area (Å²) in [7, 11) is 4.70. The molecule has 0 aliphatic heterocycles. The quantitative estimate of drug-likeness (QED) is 0.200. The summed E-state index contributed by atoms with van der Waals surface area (Å²) in [6.45, 7) is 2.83. The smallest absolute Gasteiger partial charge is 0.257 e. The van der Waals surface area contributed by atoms with Crippen LogP contribution in [0, 0.1) is 11.5 Å². The highest BCUT2D eigenvalue weighted by molar-refractivity contribution is 5.81.